The number of amides is 2. The maximum Gasteiger partial charge on any atom is 0.243 e. The zero-order valence-electron chi connectivity index (χ0n) is 19.5. The van der Waals surface area contributed by atoms with Gasteiger partial charge in [0, 0.05) is 24.6 Å². The van der Waals surface area contributed by atoms with E-state index in [1.54, 1.807) is 30.3 Å². The van der Waals surface area contributed by atoms with E-state index in [1.807, 2.05) is 44.2 Å². The summed E-state index contributed by atoms with van der Waals surface area (Å²) in [6, 6.07) is 20.4. The van der Waals surface area contributed by atoms with Gasteiger partial charge in [0.2, 0.25) is 11.8 Å². The van der Waals surface area contributed by atoms with Crippen LogP contribution in [-0.4, -0.2) is 28.8 Å². The smallest absolute Gasteiger partial charge is 0.243 e. The highest BCUT2D eigenvalue weighted by Gasteiger charge is 2.31. The topological polar surface area (TPSA) is 49.4 Å². The highest BCUT2D eigenvalue weighted by Crippen LogP contribution is 2.18. The molecule has 1 N–H and O–H groups in total. The first-order valence-corrected chi connectivity index (χ1v) is 11.5. The summed E-state index contributed by atoms with van der Waals surface area (Å²) in [5.41, 5.74) is 1.83. The molecular formula is C28H30F2N2O2. The number of nitrogens with zero attached hydrogens (tertiary/aromatic N) is 1. The summed E-state index contributed by atoms with van der Waals surface area (Å²) in [6.07, 6.45) is 0.990. The molecular weight excluding hydrogens is 434 g/mol. The Morgan fingerprint density at radius 3 is 2.18 bits per heavy atom. The lowest BCUT2D eigenvalue weighted by atomic mass is 10.0. The summed E-state index contributed by atoms with van der Waals surface area (Å²) in [6.45, 7) is 3.81. The van der Waals surface area contributed by atoms with Crippen molar-refractivity contribution >= 4 is 11.8 Å². The van der Waals surface area contributed by atoms with Crippen molar-refractivity contribution in [1.29, 1.82) is 0 Å². The largest absolute Gasteiger partial charge is 0.352 e. The van der Waals surface area contributed by atoms with E-state index in [4.69, 9.17) is 0 Å². The van der Waals surface area contributed by atoms with Crippen molar-refractivity contribution in [2.45, 2.75) is 51.7 Å². The summed E-state index contributed by atoms with van der Waals surface area (Å²) in [5.74, 6) is -1.46. The number of rotatable bonds is 10. The number of carbonyl (C=O) groups excluding carboxylic acids is 2. The Kier molecular flexibility index (Phi) is 8.91. The average molecular weight is 465 g/mol. The molecule has 6 heteroatoms. The fraction of sp³-hybridized carbons (Fsp3) is 0.286. The lowest BCUT2D eigenvalue weighted by Crippen LogP contribution is -2.52. The summed E-state index contributed by atoms with van der Waals surface area (Å²) in [5, 5.41) is 2.98. The van der Waals surface area contributed by atoms with Crippen LogP contribution in [0.2, 0.25) is 0 Å². The lowest BCUT2D eigenvalue weighted by Gasteiger charge is -2.32. The highest BCUT2D eigenvalue weighted by atomic mass is 19.1. The average Bonchev–Trinajstić information content (AvgIpc) is 2.84. The van der Waals surface area contributed by atoms with Crippen LogP contribution in [0.5, 0.6) is 0 Å². The predicted molar refractivity (Wildman–Crippen MR) is 129 cm³/mol. The number of hydrogen-bond donors (Lipinski definition) is 1. The van der Waals surface area contributed by atoms with Gasteiger partial charge in [-0.25, -0.2) is 8.78 Å². The van der Waals surface area contributed by atoms with Crippen LogP contribution in [0.25, 0.3) is 0 Å². The number of hydrogen-bond acceptors (Lipinski definition) is 2. The predicted octanol–water partition coefficient (Wildman–Crippen LogP) is 5.06. The normalized spacial score (nSPS) is 12.6. The van der Waals surface area contributed by atoms with E-state index in [0.717, 1.165) is 12.0 Å². The molecule has 2 atom stereocenters. The summed E-state index contributed by atoms with van der Waals surface area (Å²) in [7, 11) is 0. The van der Waals surface area contributed by atoms with E-state index >= 15 is 0 Å². The van der Waals surface area contributed by atoms with Gasteiger partial charge in [0.25, 0.3) is 0 Å². The number of halogens is 2. The molecule has 2 amide bonds. The number of carbonyl (C=O) groups is 2. The summed E-state index contributed by atoms with van der Waals surface area (Å²) in [4.78, 5) is 28.4. The quantitative estimate of drug-likeness (QED) is 0.456. The fourth-order valence-electron chi connectivity index (χ4n) is 3.68. The van der Waals surface area contributed by atoms with Gasteiger partial charge in [-0.2, -0.15) is 0 Å². The fourth-order valence-corrected chi connectivity index (χ4v) is 3.68. The lowest BCUT2D eigenvalue weighted by molar-refractivity contribution is -0.141. The minimum atomic E-state index is -0.844. The highest BCUT2D eigenvalue weighted by molar-refractivity contribution is 5.89. The van der Waals surface area contributed by atoms with Gasteiger partial charge in [-0.15, -0.1) is 0 Å². The first kappa shape index (κ1) is 25.1. The van der Waals surface area contributed by atoms with Crippen LogP contribution in [0.15, 0.2) is 78.9 Å². The number of nitrogens with one attached hydrogen (secondary N) is 1. The zero-order chi connectivity index (χ0) is 24.5. The number of benzene rings is 3. The van der Waals surface area contributed by atoms with Crippen LogP contribution in [0.3, 0.4) is 0 Å². The second kappa shape index (κ2) is 12.1. The van der Waals surface area contributed by atoms with Crippen molar-refractivity contribution in [3.63, 3.8) is 0 Å². The van der Waals surface area contributed by atoms with Gasteiger partial charge in [-0.05, 0) is 42.7 Å². The Morgan fingerprint density at radius 2 is 1.53 bits per heavy atom. The van der Waals surface area contributed by atoms with Crippen molar-refractivity contribution in [2.75, 3.05) is 0 Å². The molecule has 3 aromatic carbocycles. The molecule has 3 rings (SSSR count). The third-order valence-corrected chi connectivity index (χ3v) is 5.84. The van der Waals surface area contributed by atoms with E-state index in [2.05, 4.69) is 5.32 Å². The molecule has 0 saturated heterocycles. The molecule has 0 bridgehead atoms. The molecule has 0 aromatic heterocycles. The third kappa shape index (κ3) is 6.98. The standard InChI is InChI=1S/C28H30F2N2O2/c1-3-20(2)31-28(34)26(17-21-9-5-4-6-10-21)32(19-23-11-7-8-12-25(23)30)27(33)18-22-13-15-24(29)16-14-22/h4-16,20,26H,3,17-19H2,1-2H3,(H,31,34)/t20-,26-/m1/s1. The molecule has 0 radical (unpaired) electrons. The van der Waals surface area contributed by atoms with Gasteiger partial charge in [-0.1, -0.05) is 67.6 Å². The van der Waals surface area contributed by atoms with Crippen LogP contribution in [0, 0.1) is 11.6 Å². The minimum absolute atomic E-state index is 0.0311. The first-order chi connectivity index (χ1) is 16.4. The Labute approximate surface area is 199 Å². The van der Waals surface area contributed by atoms with Crippen molar-refractivity contribution in [3.05, 3.63) is 107 Å². The van der Waals surface area contributed by atoms with E-state index in [1.165, 1.54) is 23.1 Å². The van der Waals surface area contributed by atoms with Crippen molar-refractivity contribution in [3.8, 4) is 0 Å². The van der Waals surface area contributed by atoms with Gasteiger partial charge in [-0.3, -0.25) is 9.59 Å². The summed E-state index contributed by atoms with van der Waals surface area (Å²) >= 11 is 0. The molecule has 0 heterocycles. The van der Waals surface area contributed by atoms with Crippen molar-refractivity contribution in [1.82, 2.24) is 10.2 Å². The monoisotopic (exact) mass is 464 g/mol. The Balaban J connectivity index is 1.97. The molecule has 0 aliphatic heterocycles. The Bertz CT molecular complexity index is 1090. The van der Waals surface area contributed by atoms with E-state index in [-0.39, 0.29) is 37.2 Å². The van der Waals surface area contributed by atoms with Gasteiger partial charge in [0.1, 0.15) is 17.7 Å². The van der Waals surface area contributed by atoms with Crippen LogP contribution in [0.1, 0.15) is 37.0 Å². The van der Waals surface area contributed by atoms with E-state index < -0.39 is 17.7 Å². The van der Waals surface area contributed by atoms with Crippen LogP contribution in [-0.2, 0) is 29.0 Å². The molecule has 0 aliphatic carbocycles. The SMILES string of the molecule is CC[C@@H](C)NC(=O)[C@@H](Cc1ccccc1)N(Cc1ccccc1F)C(=O)Cc1ccc(F)cc1. The van der Waals surface area contributed by atoms with Crippen LogP contribution < -0.4 is 5.32 Å². The molecule has 0 aliphatic rings. The molecule has 34 heavy (non-hydrogen) atoms. The molecule has 0 fully saturated rings. The minimum Gasteiger partial charge on any atom is -0.352 e. The molecule has 0 saturated carbocycles. The maximum atomic E-state index is 14.6. The van der Waals surface area contributed by atoms with E-state index in [9.17, 15) is 18.4 Å². The maximum absolute atomic E-state index is 14.6. The third-order valence-electron chi connectivity index (χ3n) is 5.84. The van der Waals surface area contributed by atoms with Crippen molar-refractivity contribution < 1.29 is 18.4 Å². The van der Waals surface area contributed by atoms with Crippen LogP contribution in [0.4, 0.5) is 8.78 Å². The summed E-state index contributed by atoms with van der Waals surface area (Å²) < 4.78 is 27.9. The Morgan fingerprint density at radius 1 is 0.882 bits per heavy atom. The molecule has 3 aromatic rings. The van der Waals surface area contributed by atoms with E-state index in [0.29, 0.717) is 11.1 Å². The second-order valence-corrected chi connectivity index (χ2v) is 8.44. The zero-order valence-corrected chi connectivity index (χ0v) is 19.5. The second-order valence-electron chi connectivity index (χ2n) is 8.44. The molecule has 4 nitrogen and oxygen atoms in total. The van der Waals surface area contributed by atoms with Gasteiger partial charge in [0.05, 0.1) is 6.42 Å². The van der Waals surface area contributed by atoms with Gasteiger partial charge in [0.15, 0.2) is 0 Å². The van der Waals surface area contributed by atoms with Gasteiger partial charge >= 0.3 is 0 Å². The molecule has 0 unspecified atom stereocenters. The first-order valence-electron chi connectivity index (χ1n) is 11.5. The molecule has 0 spiro atoms. The molecule has 178 valence electrons. The van der Waals surface area contributed by atoms with Crippen LogP contribution >= 0.6 is 0 Å². The van der Waals surface area contributed by atoms with Crippen molar-refractivity contribution in [2.24, 2.45) is 0 Å². The van der Waals surface area contributed by atoms with Gasteiger partial charge < -0.3 is 10.2 Å². The Hall–Kier alpha value is -3.54.